The summed E-state index contributed by atoms with van der Waals surface area (Å²) >= 11 is 0. The van der Waals surface area contributed by atoms with E-state index in [1.165, 1.54) is 4.90 Å². The molecule has 0 spiro atoms. The molecule has 8 heteroatoms. The summed E-state index contributed by atoms with van der Waals surface area (Å²) in [7, 11) is 0. The first-order valence-corrected chi connectivity index (χ1v) is 5.77. The maximum Gasteiger partial charge on any atom is 0.390 e. The van der Waals surface area contributed by atoms with Crippen LogP contribution in [0.4, 0.5) is 18.0 Å². The Labute approximate surface area is 109 Å². The Morgan fingerprint density at radius 2 is 1.74 bits per heavy atom. The van der Waals surface area contributed by atoms with E-state index in [0.717, 1.165) is 0 Å². The van der Waals surface area contributed by atoms with E-state index in [-0.39, 0.29) is 13.0 Å². The van der Waals surface area contributed by atoms with Gasteiger partial charge in [-0.15, -0.1) is 0 Å². The molecule has 0 aliphatic heterocycles. The maximum atomic E-state index is 12.0. The lowest BCUT2D eigenvalue weighted by atomic mass is 10.1. The minimum Gasteiger partial charge on any atom is -0.481 e. The lowest BCUT2D eigenvalue weighted by Gasteiger charge is -2.35. The van der Waals surface area contributed by atoms with Crippen LogP contribution in [-0.2, 0) is 4.79 Å². The average Bonchev–Trinajstić information content (AvgIpc) is 2.12. The molecule has 0 heterocycles. The van der Waals surface area contributed by atoms with Gasteiger partial charge in [0, 0.05) is 18.6 Å². The fourth-order valence-corrected chi connectivity index (χ4v) is 1.36. The molecule has 0 aromatic rings. The van der Waals surface area contributed by atoms with Crippen LogP contribution in [0.25, 0.3) is 0 Å². The summed E-state index contributed by atoms with van der Waals surface area (Å²) in [6, 6.07) is -0.696. The number of carboxylic acid groups (broad SMARTS) is 1. The summed E-state index contributed by atoms with van der Waals surface area (Å²) < 4.78 is 35.9. The van der Waals surface area contributed by atoms with E-state index >= 15 is 0 Å². The van der Waals surface area contributed by atoms with E-state index in [2.05, 4.69) is 5.32 Å². The second kappa shape index (κ2) is 6.63. The number of amides is 2. The van der Waals surface area contributed by atoms with Crippen LogP contribution in [0.2, 0.25) is 0 Å². The van der Waals surface area contributed by atoms with Crippen molar-refractivity contribution < 1.29 is 27.9 Å². The third-order valence-electron chi connectivity index (χ3n) is 2.29. The molecular weight excluding hydrogens is 265 g/mol. The third-order valence-corrected chi connectivity index (χ3v) is 2.29. The van der Waals surface area contributed by atoms with E-state index in [1.807, 2.05) is 0 Å². The van der Waals surface area contributed by atoms with E-state index in [4.69, 9.17) is 5.11 Å². The average molecular weight is 284 g/mol. The Hall–Kier alpha value is -1.47. The molecule has 0 bridgehead atoms. The summed E-state index contributed by atoms with van der Waals surface area (Å²) in [6.45, 7) is 4.45. The van der Waals surface area contributed by atoms with E-state index in [0.29, 0.717) is 0 Å². The molecule has 0 aromatic heterocycles. The number of halogens is 3. The summed E-state index contributed by atoms with van der Waals surface area (Å²) in [5.41, 5.74) is -0.669. The molecule has 0 saturated heterocycles. The lowest BCUT2D eigenvalue weighted by molar-refractivity contribution is -0.137. The first-order chi connectivity index (χ1) is 8.43. The molecule has 0 aliphatic rings. The van der Waals surface area contributed by atoms with Crippen molar-refractivity contribution >= 4 is 12.0 Å². The SMILES string of the molecule is CC(C)(C)N(CCC(=O)O)C(=O)NCCC(F)(F)F. The van der Waals surface area contributed by atoms with Crippen molar-refractivity contribution in [3.63, 3.8) is 0 Å². The number of rotatable bonds is 5. The topological polar surface area (TPSA) is 69.6 Å². The van der Waals surface area contributed by atoms with Crippen LogP contribution in [0.5, 0.6) is 0 Å². The van der Waals surface area contributed by atoms with Gasteiger partial charge in [-0.05, 0) is 20.8 Å². The van der Waals surface area contributed by atoms with Crippen LogP contribution in [0.1, 0.15) is 33.6 Å². The molecule has 0 aliphatic carbocycles. The second-order valence-corrected chi connectivity index (χ2v) is 5.06. The Kier molecular flexibility index (Phi) is 6.11. The molecule has 19 heavy (non-hydrogen) atoms. The molecule has 2 N–H and O–H groups in total. The molecule has 0 aromatic carbocycles. The first kappa shape index (κ1) is 17.5. The smallest absolute Gasteiger partial charge is 0.390 e. The Bertz CT molecular complexity index is 324. The molecule has 0 saturated carbocycles. The predicted octanol–water partition coefficient (Wildman–Crippen LogP) is 2.22. The third kappa shape index (κ3) is 8.28. The van der Waals surface area contributed by atoms with Gasteiger partial charge in [0.2, 0.25) is 0 Å². The molecular formula is C11H19F3N2O3. The number of nitrogens with one attached hydrogen (secondary N) is 1. The minimum absolute atomic E-state index is 0.0588. The number of urea groups is 1. The molecule has 0 atom stereocenters. The van der Waals surface area contributed by atoms with Crippen LogP contribution in [0.3, 0.4) is 0 Å². The van der Waals surface area contributed by atoms with E-state index in [9.17, 15) is 22.8 Å². The highest BCUT2D eigenvalue weighted by molar-refractivity contribution is 5.76. The highest BCUT2D eigenvalue weighted by atomic mass is 19.4. The van der Waals surface area contributed by atoms with Crippen LogP contribution >= 0.6 is 0 Å². The van der Waals surface area contributed by atoms with Gasteiger partial charge >= 0.3 is 18.2 Å². The zero-order valence-electron chi connectivity index (χ0n) is 11.2. The summed E-state index contributed by atoms with van der Waals surface area (Å²) in [4.78, 5) is 23.4. The number of carbonyl (C=O) groups is 2. The fraction of sp³-hybridized carbons (Fsp3) is 0.818. The normalized spacial score (nSPS) is 12.1. The van der Waals surface area contributed by atoms with Crippen molar-refractivity contribution in [1.82, 2.24) is 10.2 Å². The van der Waals surface area contributed by atoms with Crippen molar-refractivity contribution in [3.05, 3.63) is 0 Å². The number of carbonyl (C=O) groups excluding carboxylic acids is 1. The van der Waals surface area contributed by atoms with Crippen molar-refractivity contribution in [1.29, 1.82) is 0 Å². The minimum atomic E-state index is -4.33. The zero-order valence-corrected chi connectivity index (χ0v) is 11.2. The van der Waals surface area contributed by atoms with Gasteiger partial charge < -0.3 is 15.3 Å². The molecule has 5 nitrogen and oxygen atoms in total. The van der Waals surface area contributed by atoms with Crippen molar-refractivity contribution in [2.24, 2.45) is 0 Å². The monoisotopic (exact) mass is 284 g/mol. The number of hydrogen-bond acceptors (Lipinski definition) is 2. The molecule has 0 fully saturated rings. The molecule has 0 rings (SSSR count). The Morgan fingerprint density at radius 3 is 2.11 bits per heavy atom. The summed E-state index contributed by atoms with van der Waals surface area (Å²) in [5.74, 6) is -1.07. The molecule has 0 radical (unpaired) electrons. The van der Waals surface area contributed by atoms with Gasteiger partial charge in [0.15, 0.2) is 0 Å². The lowest BCUT2D eigenvalue weighted by Crippen LogP contribution is -2.51. The van der Waals surface area contributed by atoms with Gasteiger partial charge in [0.05, 0.1) is 12.8 Å². The van der Waals surface area contributed by atoms with Gasteiger partial charge in [-0.3, -0.25) is 4.79 Å². The highest BCUT2D eigenvalue weighted by Gasteiger charge is 2.29. The number of carboxylic acids is 1. The van der Waals surface area contributed by atoms with Crippen molar-refractivity contribution in [3.8, 4) is 0 Å². The van der Waals surface area contributed by atoms with Gasteiger partial charge in [0.1, 0.15) is 0 Å². The Balaban J connectivity index is 4.44. The summed E-state index contributed by atoms with van der Waals surface area (Å²) in [5, 5.41) is 10.7. The van der Waals surface area contributed by atoms with Crippen LogP contribution in [-0.4, -0.2) is 46.8 Å². The van der Waals surface area contributed by atoms with Crippen molar-refractivity contribution in [2.45, 2.75) is 45.3 Å². The van der Waals surface area contributed by atoms with Gasteiger partial charge in [-0.25, -0.2) is 4.79 Å². The first-order valence-electron chi connectivity index (χ1n) is 5.77. The predicted molar refractivity (Wildman–Crippen MR) is 62.8 cm³/mol. The van der Waals surface area contributed by atoms with E-state index < -0.39 is 36.7 Å². The summed E-state index contributed by atoms with van der Waals surface area (Å²) in [6.07, 6.45) is -5.71. The van der Waals surface area contributed by atoms with Crippen molar-refractivity contribution in [2.75, 3.05) is 13.1 Å². The quantitative estimate of drug-likeness (QED) is 0.813. The number of alkyl halides is 3. The number of nitrogens with zero attached hydrogens (tertiary/aromatic N) is 1. The van der Waals surface area contributed by atoms with Crippen LogP contribution < -0.4 is 5.32 Å². The number of aliphatic carboxylic acids is 1. The van der Waals surface area contributed by atoms with E-state index in [1.54, 1.807) is 20.8 Å². The number of hydrogen-bond donors (Lipinski definition) is 2. The van der Waals surface area contributed by atoms with Gasteiger partial charge in [0.25, 0.3) is 0 Å². The molecule has 2 amide bonds. The second-order valence-electron chi connectivity index (χ2n) is 5.06. The van der Waals surface area contributed by atoms with Gasteiger partial charge in [-0.1, -0.05) is 0 Å². The highest BCUT2D eigenvalue weighted by Crippen LogP contribution is 2.19. The zero-order chi connectivity index (χ0) is 15.3. The largest absolute Gasteiger partial charge is 0.481 e. The van der Waals surface area contributed by atoms with Crippen LogP contribution in [0.15, 0.2) is 0 Å². The van der Waals surface area contributed by atoms with Gasteiger partial charge in [-0.2, -0.15) is 13.2 Å². The fourth-order valence-electron chi connectivity index (χ4n) is 1.36. The maximum absolute atomic E-state index is 12.0. The molecule has 112 valence electrons. The molecule has 0 unspecified atom stereocenters. The Morgan fingerprint density at radius 1 is 1.21 bits per heavy atom. The van der Waals surface area contributed by atoms with Crippen LogP contribution in [0, 0.1) is 0 Å². The standard InChI is InChI=1S/C11H19F3N2O3/c1-10(2,3)16(7-4-8(17)18)9(19)15-6-5-11(12,13)14/h4-7H2,1-3H3,(H,15,19)(H,17,18).